The fourth-order valence-electron chi connectivity index (χ4n) is 4.40. The second kappa shape index (κ2) is 15.3. The van der Waals surface area contributed by atoms with Crippen molar-refractivity contribution in [2.75, 3.05) is 28.4 Å². The number of fused-ring (bicyclic) bond motifs is 2. The molecular formula is C34H33Cl2N3O7. The normalized spacial score (nSPS) is 10.2. The summed E-state index contributed by atoms with van der Waals surface area (Å²) in [4.78, 5) is 35.2. The fourth-order valence-corrected chi connectivity index (χ4v) is 4.72. The van der Waals surface area contributed by atoms with Gasteiger partial charge in [0.1, 0.15) is 39.1 Å². The molecule has 2 aromatic carbocycles. The van der Waals surface area contributed by atoms with Crippen molar-refractivity contribution in [2.24, 2.45) is 0 Å². The number of aromatic amines is 1. The molecule has 4 heterocycles. The molecule has 0 aliphatic carbocycles. The zero-order valence-electron chi connectivity index (χ0n) is 23.9. The number of nitrogens with one attached hydrogen (secondary N) is 1. The Morgan fingerprint density at radius 1 is 0.609 bits per heavy atom. The lowest BCUT2D eigenvalue weighted by Crippen LogP contribution is -2.07. The second-order valence-electron chi connectivity index (χ2n) is 9.30. The van der Waals surface area contributed by atoms with Crippen molar-refractivity contribution >= 4 is 44.7 Å². The molecule has 240 valence electrons. The van der Waals surface area contributed by atoms with E-state index < -0.39 is 5.63 Å². The van der Waals surface area contributed by atoms with Crippen LogP contribution in [-0.2, 0) is 0 Å². The summed E-state index contributed by atoms with van der Waals surface area (Å²) in [6.45, 7) is 0. The minimum absolute atomic E-state index is 0. The molecule has 0 aliphatic heterocycles. The van der Waals surface area contributed by atoms with Gasteiger partial charge in [0.25, 0.3) is 5.56 Å². The summed E-state index contributed by atoms with van der Waals surface area (Å²) in [5.41, 5.74) is 1.41. The third-order valence-electron chi connectivity index (χ3n) is 6.60. The molecule has 6 rings (SSSR count). The number of pyridine rings is 3. The summed E-state index contributed by atoms with van der Waals surface area (Å²) in [6, 6.07) is 17.3. The molecule has 0 bridgehead atoms. The molecule has 46 heavy (non-hydrogen) atoms. The van der Waals surface area contributed by atoms with Gasteiger partial charge in [-0.2, -0.15) is 0 Å². The van der Waals surface area contributed by atoms with E-state index in [1.54, 1.807) is 71.0 Å². The molecule has 0 radical (unpaired) electrons. The molecule has 1 N–H and O–H groups in total. The molecule has 0 spiro atoms. The number of hydrogen-bond acceptors (Lipinski definition) is 9. The Hall–Kier alpha value is -5.06. The smallest absolute Gasteiger partial charge is 0.344 e. The van der Waals surface area contributed by atoms with Gasteiger partial charge in [-0.1, -0.05) is 38.1 Å². The van der Waals surface area contributed by atoms with Gasteiger partial charge in [-0.05, 0) is 48.5 Å². The van der Waals surface area contributed by atoms with E-state index in [4.69, 9.17) is 46.6 Å². The number of hydrogen-bond donors (Lipinski definition) is 1. The predicted molar refractivity (Wildman–Crippen MR) is 183 cm³/mol. The lowest BCUT2D eigenvalue weighted by Gasteiger charge is -2.09. The highest BCUT2D eigenvalue weighted by Crippen LogP contribution is 2.31. The molecule has 0 saturated carbocycles. The maximum atomic E-state index is 12.2. The molecule has 6 aromatic rings. The molecule has 0 unspecified atom stereocenters. The summed E-state index contributed by atoms with van der Waals surface area (Å²) in [5.74, 6) is 2.89. The van der Waals surface area contributed by atoms with Gasteiger partial charge in [-0.25, -0.2) is 14.8 Å². The first-order valence-electron chi connectivity index (χ1n) is 13.0. The van der Waals surface area contributed by atoms with Crippen LogP contribution >= 0.6 is 23.2 Å². The number of benzene rings is 2. The quantitative estimate of drug-likeness (QED) is 0.176. The van der Waals surface area contributed by atoms with E-state index in [2.05, 4.69) is 15.0 Å². The molecule has 0 saturated heterocycles. The van der Waals surface area contributed by atoms with Crippen LogP contribution < -0.4 is 30.1 Å². The minimum Gasteiger partial charge on any atom is -0.497 e. The summed E-state index contributed by atoms with van der Waals surface area (Å²) < 4.78 is 26.3. The van der Waals surface area contributed by atoms with E-state index in [0.29, 0.717) is 61.6 Å². The van der Waals surface area contributed by atoms with Crippen LogP contribution in [0, 0.1) is 0 Å². The van der Waals surface area contributed by atoms with Crippen LogP contribution in [-0.4, -0.2) is 43.4 Å². The van der Waals surface area contributed by atoms with E-state index in [9.17, 15) is 9.59 Å². The van der Waals surface area contributed by atoms with E-state index in [1.807, 2.05) is 18.2 Å². The topological polar surface area (TPSA) is 126 Å². The molecule has 0 atom stereocenters. The fraction of sp³-hybridized carbons (Fsp3) is 0.176. The molecule has 4 aromatic heterocycles. The third-order valence-corrected chi connectivity index (χ3v) is 7.02. The van der Waals surface area contributed by atoms with Crippen molar-refractivity contribution in [2.45, 2.75) is 14.9 Å². The minimum atomic E-state index is -0.474. The maximum Gasteiger partial charge on any atom is 0.344 e. The average molecular weight is 667 g/mol. The van der Waals surface area contributed by atoms with Gasteiger partial charge in [-0.3, -0.25) is 4.79 Å². The van der Waals surface area contributed by atoms with Crippen LogP contribution in [0.25, 0.3) is 44.1 Å². The number of ether oxygens (including phenoxy) is 4. The molecule has 10 nitrogen and oxygen atoms in total. The van der Waals surface area contributed by atoms with Crippen molar-refractivity contribution < 1.29 is 23.4 Å². The third kappa shape index (κ3) is 7.77. The van der Waals surface area contributed by atoms with Gasteiger partial charge in [0, 0.05) is 52.1 Å². The van der Waals surface area contributed by atoms with Crippen molar-refractivity contribution in [3.05, 3.63) is 104 Å². The lowest BCUT2D eigenvalue weighted by molar-refractivity contribution is 0.394. The molecule has 0 fully saturated rings. The highest BCUT2D eigenvalue weighted by atomic mass is 35.5. The van der Waals surface area contributed by atoms with Crippen LogP contribution in [0.4, 0.5) is 0 Å². The number of H-pyrrole nitrogens is 1. The Labute approximate surface area is 275 Å². The standard InChI is InChI=1S/C16H13ClN2O3.C16H12ClNO4.2CH4/c1-21-11-3-9(4-12(6-11)22-2)14-5-10-8-18-15(17)7-13(10)16(20)19-14;1-20-11-3-9(4-12(6-11)21-2)14-5-10-8-18-15(17)7-13(10)16(19)22-14;;/h3-8H,1-2H3,(H,19,20);3-8H,1-2H3;2*1H4. The molecule has 12 heteroatoms. The first kappa shape index (κ1) is 35.4. The van der Waals surface area contributed by atoms with Gasteiger partial charge in [-0.15, -0.1) is 0 Å². The summed E-state index contributed by atoms with van der Waals surface area (Å²) in [5, 5.41) is 2.78. The zero-order valence-corrected chi connectivity index (χ0v) is 25.4. The second-order valence-corrected chi connectivity index (χ2v) is 10.1. The van der Waals surface area contributed by atoms with E-state index >= 15 is 0 Å². The van der Waals surface area contributed by atoms with E-state index in [1.165, 1.54) is 12.3 Å². The monoisotopic (exact) mass is 665 g/mol. The van der Waals surface area contributed by atoms with Crippen LogP contribution in [0.2, 0.25) is 10.3 Å². The zero-order chi connectivity index (χ0) is 31.4. The number of aromatic nitrogens is 3. The highest BCUT2D eigenvalue weighted by Gasteiger charge is 2.11. The highest BCUT2D eigenvalue weighted by molar-refractivity contribution is 6.30. The van der Waals surface area contributed by atoms with Crippen molar-refractivity contribution in [3.63, 3.8) is 0 Å². The molecule has 0 aliphatic rings. The summed E-state index contributed by atoms with van der Waals surface area (Å²) >= 11 is 11.6. The maximum absolute atomic E-state index is 12.2. The summed E-state index contributed by atoms with van der Waals surface area (Å²) in [6.07, 6.45) is 3.11. The summed E-state index contributed by atoms with van der Waals surface area (Å²) in [7, 11) is 6.27. The van der Waals surface area contributed by atoms with E-state index in [0.717, 1.165) is 5.56 Å². The average Bonchev–Trinajstić information content (AvgIpc) is 3.04. The lowest BCUT2D eigenvalue weighted by atomic mass is 10.1. The number of methoxy groups -OCH3 is 4. The molecular weight excluding hydrogens is 633 g/mol. The van der Waals surface area contributed by atoms with Crippen LogP contribution in [0.5, 0.6) is 23.0 Å². The van der Waals surface area contributed by atoms with Crippen LogP contribution in [0.15, 0.2) is 87.1 Å². The van der Waals surface area contributed by atoms with Gasteiger partial charge >= 0.3 is 5.63 Å². The Morgan fingerprint density at radius 2 is 1.07 bits per heavy atom. The van der Waals surface area contributed by atoms with Crippen molar-refractivity contribution in [1.29, 1.82) is 0 Å². The Bertz CT molecular complexity index is 1920. The van der Waals surface area contributed by atoms with Gasteiger partial charge in [0.05, 0.1) is 39.2 Å². The van der Waals surface area contributed by atoms with Crippen molar-refractivity contribution in [1.82, 2.24) is 15.0 Å². The van der Waals surface area contributed by atoms with E-state index in [-0.39, 0.29) is 30.7 Å². The van der Waals surface area contributed by atoms with Crippen LogP contribution in [0.3, 0.4) is 0 Å². The SMILES string of the molecule is C.C.COc1cc(OC)cc(-c2cc3cnc(Cl)cc3c(=O)[nH]2)c1.COc1cc(OC)cc(-c2cc3cnc(Cl)cc3c(=O)o2)c1. The van der Waals surface area contributed by atoms with Gasteiger partial charge in [0.15, 0.2) is 0 Å². The van der Waals surface area contributed by atoms with Crippen molar-refractivity contribution in [3.8, 4) is 45.6 Å². The largest absolute Gasteiger partial charge is 0.497 e. The Morgan fingerprint density at radius 3 is 1.57 bits per heavy atom. The Balaban J connectivity index is 0.000000240. The predicted octanol–water partition coefficient (Wildman–Crippen LogP) is 8.06. The number of nitrogens with zero attached hydrogens (tertiary/aromatic N) is 2. The number of halogens is 2. The first-order valence-corrected chi connectivity index (χ1v) is 13.7. The first-order chi connectivity index (χ1) is 21.2. The van der Waals surface area contributed by atoms with Crippen LogP contribution in [0.1, 0.15) is 14.9 Å². The number of rotatable bonds is 6. The van der Waals surface area contributed by atoms with Gasteiger partial charge < -0.3 is 28.3 Å². The Kier molecular flexibility index (Phi) is 11.8. The van der Waals surface area contributed by atoms with Gasteiger partial charge in [0.2, 0.25) is 0 Å². The molecule has 0 amide bonds.